The zero-order valence-electron chi connectivity index (χ0n) is 17.7. The van der Waals surface area contributed by atoms with E-state index in [0.717, 1.165) is 22.8 Å². The zero-order chi connectivity index (χ0) is 23.4. The second-order valence-corrected chi connectivity index (χ2v) is 7.88. The van der Waals surface area contributed by atoms with Crippen molar-refractivity contribution in [2.24, 2.45) is 0 Å². The molecule has 1 atom stereocenters. The first-order valence-electron chi connectivity index (χ1n) is 10.6. The van der Waals surface area contributed by atoms with Crippen LogP contribution in [0.2, 0.25) is 0 Å². The molecule has 4 rings (SSSR count). The van der Waals surface area contributed by atoms with Gasteiger partial charge in [0.15, 0.2) is 0 Å². The average molecular weight is 450 g/mol. The molecule has 1 heterocycles. The number of carbonyl (C=O) groups is 1. The predicted molar refractivity (Wildman–Crippen MR) is 118 cm³/mol. The Bertz CT molecular complexity index is 1210. The first-order valence-corrected chi connectivity index (χ1v) is 10.6. The number of nitrogens with zero attached hydrogens (tertiary/aromatic N) is 1. The van der Waals surface area contributed by atoms with Crippen LogP contribution in [-0.2, 0) is 19.0 Å². The van der Waals surface area contributed by atoms with E-state index in [-0.39, 0.29) is 25.0 Å². The summed E-state index contributed by atoms with van der Waals surface area (Å²) in [6.45, 7) is 0.278. The molecule has 0 spiro atoms. The van der Waals surface area contributed by atoms with Crippen LogP contribution in [0.3, 0.4) is 0 Å². The van der Waals surface area contributed by atoms with E-state index in [0.29, 0.717) is 29.7 Å². The van der Waals surface area contributed by atoms with Crippen molar-refractivity contribution >= 4 is 5.91 Å². The van der Waals surface area contributed by atoms with Gasteiger partial charge in [-0.3, -0.25) is 4.79 Å². The number of rotatable bonds is 6. The molecule has 0 saturated carbocycles. The predicted octanol–water partition coefficient (Wildman–Crippen LogP) is 5.56. The number of fused-ring (bicyclic) bond motifs is 1. The molecular formula is C26H21F3N2O2. The van der Waals surface area contributed by atoms with E-state index in [9.17, 15) is 18.0 Å². The summed E-state index contributed by atoms with van der Waals surface area (Å²) in [7, 11) is 0. The lowest BCUT2D eigenvalue weighted by atomic mass is 9.97. The normalized spacial score (nSPS) is 14.8. The van der Waals surface area contributed by atoms with E-state index < -0.39 is 11.7 Å². The van der Waals surface area contributed by atoms with Gasteiger partial charge in [0.05, 0.1) is 18.1 Å². The maximum Gasteiger partial charge on any atom is 0.416 e. The molecular weight excluding hydrogens is 429 g/mol. The number of halogens is 3. The summed E-state index contributed by atoms with van der Waals surface area (Å²) in [6.07, 6.45) is -3.47. The molecule has 0 aliphatic carbocycles. The Hall–Kier alpha value is -3.79. The monoisotopic (exact) mass is 450 g/mol. The fourth-order valence-corrected chi connectivity index (χ4v) is 3.98. The van der Waals surface area contributed by atoms with Gasteiger partial charge in [0.2, 0.25) is 0 Å². The number of hydrogen-bond donors (Lipinski definition) is 1. The summed E-state index contributed by atoms with van der Waals surface area (Å²) in [6, 6.07) is 20.2. The van der Waals surface area contributed by atoms with Crippen LogP contribution >= 0.6 is 0 Å². The molecule has 1 aliphatic rings. The highest BCUT2D eigenvalue weighted by atomic mass is 19.4. The lowest BCUT2D eigenvalue weighted by molar-refractivity contribution is -0.137. The van der Waals surface area contributed by atoms with Crippen LogP contribution in [-0.4, -0.2) is 18.6 Å². The quantitative estimate of drug-likeness (QED) is 0.500. The molecule has 0 radical (unpaired) electrons. The highest BCUT2D eigenvalue weighted by Gasteiger charge is 2.31. The summed E-state index contributed by atoms with van der Waals surface area (Å²) in [4.78, 5) is 12.4. The van der Waals surface area contributed by atoms with Gasteiger partial charge in [-0.05, 0) is 34.9 Å². The number of para-hydroxylation sites is 1. The summed E-state index contributed by atoms with van der Waals surface area (Å²) in [5, 5.41) is 11.3. The van der Waals surface area contributed by atoms with Gasteiger partial charge in [-0.2, -0.15) is 18.4 Å². The van der Waals surface area contributed by atoms with Crippen LogP contribution in [0.1, 0.15) is 33.5 Å². The van der Waals surface area contributed by atoms with E-state index in [1.165, 1.54) is 12.1 Å². The lowest BCUT2D eigenvalue weighted by Crippen LogP contribution is -2.24. The highest BCUT2D eigenvalue weighted by Crippen LogP contribution is 2.40. The average Bonchev–Trinajstić information content (AvgIpc) is 3.21. The molecule has 0 fully saturated rings. The van der Waals surface area contributed by atoms with Crippen LogP contribution in [0.5, 0.6) is 5.75 Å². The van der Waals surface area contributed by atoms with Crippen molar-refractivity contribution in [1.29, 1.82) is 5.26 Å². The van der Waals surface area contributed by atoms with Crippen molar-refractivity contribution in [2.45, 2.75) is 31.5 Å². The molecule has 1 aliphatic heterocycles. The van der Waals surface area contributed by atoms with Crippen LogP contribution in [0.15, 0.2) is 66.7 Å². The van der Waals surface area contributed by atoms with E-state index in [2.05, 4.69) is 5.32 Å². The smallest absolute Gasteiger partial charge is 0.416 e. The first kappa shape index (κ1) is 22.4. The fourth-order valence-electron chi connectivity index (χ4n) is 3.98. The number of carbonyl (C=O) groups excluding carboxylic acids is 1. The number of nitrogens with one attached hydrogen (secondary N) is 1. The van der Waals surface area contributed by atoms with Crippen LogP contribution in [0.25, 0.3) is 11.1 Å². The topological polar surface area (TPSA) is 62.1 Å². The Balaban J connectivity index is 1.53. The molecule has 0 aromatic heterocycles. The third kappa shape index (κ3) is 5.17. The van der Waals surface area contributed by atoms with E-state index in [1.807, 2.05) is 30.3 Å². The molecule has 0 bridgehead atoms. The maximum absolute atomic E-state index is 13.0. The van der Waals surface area contributed by atoms with Crippen molar-refractivity contribution in [3.8, 4) is 22.9 Å². The van der Waals surface area contributed by atoms with Gasteiger partial charge in [-0.1, -0.05) is 48.5 Å². The van der Waals surface area contributed by atoms with Crippen molar-refractivity contribution in [2.75, 3.05) is 6.54 Å². The number of benzene rings is 3. The molecule has 1 amide bonds. The van der Waals surface area contributed by atoms with Gasteiger partial charge in [0, 0.05) is 30.5 Å². The lowest BCUT2D eigenvalue weighted by Gasteiger charge is -2.14. The standard InChI is InChI=1S/C26H21F3N2O2/c27-26(28,29)21-9-1-5-17(13-21)14-22-16-19-7-3-10-23(24(19)33-22)18-6-2-8-20(15-18)25(32)31-12-4-11-30/h1-3,5-10,13,15,22H,4,12,14,16H2,(H,31,32). The number of amides is 1. The Morgan fingerprint density at radius 1 is 1.09 bits per heavy atom. The van der Waals surface area contributed by atoms with Crippen LogP contribution in [0, 0.1) is 11.3 Å². The van der Waals surface area contributed by atoms with Crippen LogP contribution < -0.4 is 10.1 Å². The van der Waals surface area contributed by atoms with Crippen molar-refractivity contribution < 1.29 is 22.7 Å². The minimum absolute atomic E-state index is 0.235. The number of ether oxygens (including phenoxy) is 1. The van der Waals surface area contributed by atoms with Crippen molar-refractivity contribution in [3.63, 3.8) is 0 Å². The Kier molecular flexibility index (Phi) is 6.36. The molecule has 168 valence electrons. The SMILES string of the molecule is N#CCCNC(=O)c1cccc(-c2cccc3c2OC(Cc2cccc(C(F)(F)F)c2)C3)c1. The number of hydrogen-bond acceptors (Lipinski definition) is 3. The van der Waals surface area contributed by atoms with Gasteiger partial charge in [-0.25, -0.2) is 0 Å². The minimum Gasteiger partial charge on any atom is -0.489 e. The minimum atomic E-state index is -4.38. The summed E-state index contributed by atoms with van der Waals surface area (Å²) >= 11 is 0. The van der Waals surface area contributed by atoms with E-state index in [4.69, 9.17) is 10.00 Å². The Labute approximate surface area is 189 Å². The third-order valence-electron chi connectivity index (χ3n) is 5.50. The van der Waals surface area contributed by atoms with Crippen LogP contribution in [0.4, 0.5) is 13.2 Å². The van der Waals surface area contributed by atoms with E-state index >= 15 is 0 Å². The zero-order valence-corrected chi connectivity index (χ0v) is 17.7. The Morgan fingerprint density at radius 3 is 2.67 bits per heavy atom. The van der Waals surface area contributed by atoms with Gasteiger partial charge in [0.25, 0.3) is 5.91 Å². The van der Waals surface area contributed by atoms with Crippen molar-refractivity contribution in [3.05, 3.63) is 89.0 Å². The third-order valence-corrected chi connectivity index (χ3v) is 5.50. The summed E-state index contributed by atoms with van der Waals surface area (Å²) in [5.74, 6) is 0.430. The molecule has 1 N–H and O–H groups in total. The highest BCUT2D eigenvalue weighted by molar-refractivity contribution is 5.95. The molecule has 7 heteroatoms. The first-order chi connectivity index (χ1) is 15.8. The summed E-state index contributed by atoms with van der Waals surface area (Å²) < 4.78 is 45.3. The molecule has 3 aromatic rings. The largest absolute Gasteiger partial charge is 0.489 e. The van der Waals surface area contributed by atoms with Gasteiger partial charge in [-0.15, -0.1) is 0 Å². The number of alkyl halides is 3. The van der Waals surface area contributed by atoms with Crippen molar-refractivity contribution in [1.82, 2.24) is 5.32 Å². The summed E-state index contributed by atoms with van der Waals surface area (Å²) in [5.41, 5.74) is 2.99. The molecule has 1 unspecified atom stereocenters. The molecule has 0 saturated heterocycles. The fraction of sp³-hybridized carbons (Fsp3) is 0.231. The second kappa shape index (κ2) is 9.37. The molecule has 3 aromatic carbocycles. The maximum atomic E-state index is 13.0. The van der Waals surface area contributed by atoms with Gasteiger partial charge >= 0.3 is 6.18 Å². The number of nitriles is 1. The van der Waals surface area contributed by atoms with Gasteiger partial charge in [0.1, 0.15) is 11.9 Å². The van der Waals surface area contributed by atoms with E-state index in [1.54, 1.807) is 24.3 Å². The molecule has 33 heavy (non-hydrogen) atoms. The van der Waals surface area contributed by atoms with Gasteiger partial charge < -0.3 is 10.1 Å². The Morgan fingerprint density at radius 2 is 1.88 bits per heavy atom. The molecule has 4 nitrogen and oxygen atoms in total. The second-order valence-electron chi connectivity index (χ2n) is 7.88.